The molecule has 2 N–H and O–H groups in total. The number of carbonyl (C=O) groups excluding carboxylic acids is 1. The van der Waals surface area contributed by atoms with Gasteiger partial charge >= 0.3 is 0 Å². The van der Waals surface area contributed by atoms with E-state index >= 15 is 0 Å². The minimum atomic E-state index is -3.81. The van der Waals surface area contributed by atoms with Crippen LogP contribution in [-0.4, -0.2) is 32.4 Å². The summed E-state index contributed by atoms with van der Waals surface area (Å²) in [6.07, 6.45) is 2.26. The first kappa shape index (κ1) is 23.0. The van der Waals surface area contributed by atoms with Crippen LogP contribution in [0.2, 0.25) is 10.0 Å². The number of rotatable bonds is 9. The molecule has 0 aliphatic rings. The van der Waals surface area contributed by atoms with Gasteiger partial charge in [0.1, 0.15) is 6.04 Å². The maximum absolute atomic E-state index is 12.8. The molecule has 2 atom stereocenters. The normalized spacial score (nSPS) is 13.7. The number of nitrogens with one attached hydrogen (secondary N) is 2. The van der Waals surface area contributed by atoms with Gasteiger partial charge in [-0.1, -0.05) is 47.5 Å². The Morgan fingerprint density at radius 1 is 1.14 bits per heavy atom. The van der Waals surface area contributed by atoms with E-state index in [4.69, 9.17) is 23.2 Å². The Balaban J connectivity index is 2.16. The molecule has 0 heterocycles. The first-order valence-electron chi connectivity index (χ1n) is 8.56. The fourth-order valence-corrected chi connectivity index (χ4v) is 4.87. The number of halogens is 2. The van der Waals surface area contributed by atoms with E-state index in [9.17, 15) is 13.2 Å². The van der Waals surface area contributed by atoms with E-state index in [1.165, 1.54) is 23.9 Å². The first-order chi connectivity index (χ1) is 13.2. The number of hydrogen-bond donors (Lipinski definition) is 2. The maximum atomic E-state index is 12.8. The number of benzene rings is 2. The predicted octanol–water partition coefficient (Wildman–Crippen LogP) is 4.27. The average molecular weight is 461 g/mol. The largest absolute Gasteiger partial charge is 0.348 e. The van der Waals surface area contributed by atoms with Crippen molar-refractivity contribution >= 4 is 50.9 Å². The Morgan fingerprint density at radius 2 is 1.82 bits per heavy atom. The van der Waals surface area contributed by atoms with Crippen molar-refractivity contribution in [1.29, 1.82) is 0 Å². The van der Waals surface area contributed by atoms with Gasteiger partial charge in [-0.15, -0.1) is 0 Å². The van der Waals surface area contributed by atoms with E-state index in [-0.39, 0.29) is 4.90 Å². The predicted molar refractivity (Wildman–Crippen MR) is 117 cm³/mol. The molecule has 0 aliphatic heterocycles. The highest BCUT2D eigenvalue weighted by Gasteiger charge is 2.26. The van der Waals surface area contributed by atoms with E-state index < -0.39 is 28.0 Å². The molecule has 152 valence electrons. The van der Waals surface area contributed by atoms with Crippen LogP contribution in [-0.2, 0) is 14.8 Å². The highest BCUT2D eigenvalue weighted by molar-refractivity contribution is 7.98. The van der Waals surface area contributed by atoms with E-state index in [0.717, 1.165) is 0 Å². The van der Waals surface area contributed by atoms with Gasteiger partial charge in [-0.3, -0.25) is 4.79 Å². The fourth-order valence-electron chi connectivity index (χ4n) is 2.58. The van der Waals surface area contributed by atoms with Gasteiger partial charge in [0.15, 0.2) is 0 Å². The molecule has 2 unspecified atom stereocenters. The van der Waals surface area contributed by atoms with Crippen molar-refractivity contribution in [1.82, 2.24) is 10.0 Å². The zero-order valence-electron chi connectivity index (χ0n) is 15.5. The molecule has 0 aromatic heterocycles. The van der Waals surface area contributed by atoms with Crippen LogP contribution in [0.15, 0.2) is 53.4 Å². The molecule has 0 radical (unpaired) electrons. The molecular formula is C19H22Cl2N2O3S2. The highest BCUT2D eigenvalue weighted by atomic mass is 35.5. The Hall–Kier alpha value is -1.25. The third-order valence-corrected chi connectivity index (χ3v) is 6.76. The minimum Gasteiger partial charge on any atom is -0.348 e. The molecule has 0 saturated carbocycles. The number of amides is 1. The lowest BCUT2D eigenvalue weighted by Gasteiger charge is -2.22. The van der Waals surface area contributed by atoms with Crippen LogP contribution in [0.3, 0.4) is 0 Å². The van der Waals surface area contributed by atoms with Gasteiger partial charge in [-0.25, -0.2) is 8.42 Å². The van der Waals surface area contributed by atoms with Crippen LogP contribution >= 0.6 is 35.0 Å². The van der Waals surface area contributed by atoms with Gasteiger partial charge in [0.25, 0.3) is 0 Å². The van der Waals surface area contributed by atoms with Crippen LogP contribution in [0.1, 0.15) is 24.9 Å². The van der Waals surface area contributed by atoms with Crippen molar-refractivity contribution in [2.45, 2.75) is 30.3 Å². The summed E-state index contributed by atoms with van der Waals surface area (Å²) >= 11 is 13.7. The molecule has 0 saturated heterocycles. The van der Waals surface area contributed by atoms with E-state index in [1.807, 2.05) is 6.26 Å². The lowest BCUT2D eigenvalue weighted by molar-refractivity contribution is -0.123. The Morgan fingerprint density at radius 3 is 2.43 bits per heavy atom. The molecule has 0 spiro atoms. The van der Waals surface area contributed by atoms with Gasteiger partial charge in [-0.2, -0.15) is 16.5 Å². The fraction of sp³-hybridized carbons (Fsp3) is 0.316. The number of carbonyl (C=O) groups is 1. The minimum absolute atomic E-state index is 0.116. The van der Waals surface area contributed by atoms with Crippen molar-refractivity contribution in [3.63, 3.8) is 0 Å². The van der Waals surface area contributed by atoms with Crippen molar-refractivity contribution in [2.75, 3.05) is 12.0 Å². The smallest absolute Gasteiger partial charge is 0.241 e. The van der Waals surface area contributed by atoms with Gasteiger partial charge < -0.3 is 5.32 Å². The zero-order valence-corrected chi connectivity index (χ0v) is 18.6. The summed E-state index contributed by atoms with van der Waals surface area (Å²) in [5.41, 5.74) is 0.703. The van der Waals surface area contributed by atoms with Crippen LogP contribution in [0, 0.1) is 0 Å². The SMILES string of the molecule is CSCCC(NS(=O)(=O)c1ccccc1)C(=O)NC(C)c1ccc(Cl)cc1Cl. The number of hydrogen-bond acceptors (Lipinski definition) is 4. The summed E-state index contributed by atoms with van der Waals surface area (Å²) in [7, 11) is -3.81. The van der Waals surface area contributed by atoms with Gasteiger partial charge in [0, 0.05) is 10.0 Å². The molecule has 2 aromatic carbocycles. The van der Waals surface area contributed by atoms with Crippen molar-refractivity contribution in [3.8, 4) is 0 Å². The van der Waals surface area contributed by atoms with Crippen molar-refractivity contribution in [3.05, 3.63) is 64.1 Å². The molecule has 0 fully saturated rings. The second-order valence-corrected chi connectivity index (χ2v) is 9.71. The molecule has 1 amide bonds. The second kappa shape index (κ2) is 10.5. The maximum Gasteiger partial charge on any atom is 0.241 e. The third kappa shape index (κ3) is 6.39. The molecule has 2 aromatic rings. The topological polar surface area (TPSA) is 75.3 Å². The van der Waals surface area contributed by atoms with Crippen molar-refractivity contribution < 1.29 is 13.2 Å². The molecule has 28 heavy (non-hydrogen) atoms. The quantitative estimate of drug-likeness (QED) is 0.585. The van der Waals surface area contributed by atoms with Gasteiger partial charge in [-0.05, 0) is 55.2 Å². The monoisotopic (exact) mass is 460 g/mol. The highest BCUT2D eigenvalue weighted by Crippen LogP contribution is 2.26. The molecule has 0 bridgehead atoms. The van der Waals surface area contributed by atoms with E-state index in [1.54, 1.807) is 43.3 Å². The summed E-state index contributed by atoms with van der Waals surface area (Å²) in [5, 5.41) is 3.77. The summed E-state index contributed by atoms with van der Waals surface area (Å²) in [6, 6.07) is 11.7. The average Bonchev–Trinajstić information content (AvgIpc) is 2.65. The van der Waals surface area contributed by atoms with Gasteiger partial charge in [0.05, 0.1) is 10.9 Å². The summed E-state index contributed by atoms with van der Waals surface area (Å²) in [5.74, 6) is 0.220. The summed E-state index contributed by atoms with van der Waals surface area (Å²) in [6.45, 7) is 1.78. The van der Waals surface area contributed by atoms with E-state index in [0.29, 0.717) is 27.8 Å². The Kier molecular flexibility index (Phi) is 8.64. The molecule has 5 nitrogen and oxygen atoms in total. The zero-order chi connectivity index (χ0) is 20.7. The van der Waals surface area contributed by atoms with Crippen LogP contribution < -0.4 is 10.0 Å². The first-order valence-corrected chi connectivity index (χ1v) is 12.2. The molecule has 9 heteroatoms. The Bertz CT molecular complexity index is 909. The summed E-state index contributed by atoms with van der Waals surface area (Å²) < 4.78 is 27.8. The van der Waals surface area contributed by atoms with Crippen LogP contribution in [0.5, 0.6) is 0 Å². The van der Waals surface area contributed by atoms with E-state index in [2.05, 4.69) is 10.0 Å². The lowest BCUT2D eigenvalue weighted by atomic mass is 10.1. The lowest BCUT2D eigenvalue weighted by Crippen LogP contribution is -2.47. The summed E-state index contributed by atoms with van der Waals surface area (Å²) in [4.78, 5) is 12.9. The van der Waals surface area contributed by atoms with Gasteiger partial charge in [0.2, 0.25) is 15.9 Å². The van der Waals surface area contributed by atoms with Crippen LogP contribution in [0.25, 0.3) is 0 Å². The number of sulfonamides is 1. The van der Waals surface area contributed by atoms with Crippen molar-refractivity contribution in [2.24, 2.45) is 0 Å². The van der Waals surface area contributed by atoms with Crippen LogP contribution in [0.4, 0.5) is 0 Å². The third-order valence-electron chi connectivity index (χ3n) is 4.07. The number of thioether (sulfide) groups is 1. The Labute approximate surface area is 180 Å². The second-order valence-electron chi connectivity index (χ2n) is 6.16. The molecule has 0 aliphatic carbocycles. The molecular weight excluding hydrogens is 439 g/mol. The molecule has 2 rings (SSSR count). The standard InChI is InChI=1S/C19H22Cl2N2O3S2/c1-13(16-9-8-14(20)12-17(16)21)22-19(24)18(10-11-27-2)23-28(25,26)15-6-4-3-5-7-15/h3-9,12-13,18,23H,10-11H2,1-2H3,(H,22,24).